The highest BCUT2D eigenvalue weighted by Gasteiger charge is 2.24. The molecule has 0 unspecified atom stereocenters. The first kappa shape index (κ1) is 16.0. The Balaban J connectivity index is 1.84. The number of allylic oxidation sites excluding steroid dienone is 1. The van der Waals surface area contributed by atoms with Crippen LogP contribution in [0.2, 0.25) is 0 Å². The van der Waals surface area contributed by atoms with E-state index in [1.165, 1.54) is 12.4 Å². The van der Waals surface area contributed by atoms with Crippen molar-refractivity contribution in [2.45, 2.75) is 51.7 Å². The second-order valence-corrected chi connectivity index (χ2v) is 5.64. The van der Waals surface area contributed by atoms with E-state index in [0.29, 0.717) is 5.88 Å². The monoisotopic (exact) mass is 300 g/mol. The zero-order chi connectivity index (χ0) is 15.9. The summed E-state index contributed by atoms with van der Waals surface area (Å²) < 4.78 is 5.77. The maximum Gasteiger partial charge on any atom is 0.251 e. The van der Waals surface area contributed by atoms with Gasteiger partial charge in [0.15, 0.2) is 0 Å². The average Bonchev–Trinajstić information content (AvgIpc) is 2.49. The van der Waals surface area contributed by atoms with Gasteiger partial charge in [-0.15, -0.1) is 0 Å². The van der Waals surface area contributed by atoms with E-state index in [4.69, 9.17) is 10.00 Å². The van der Waals surface area contributed by atoms with Gasteiger partial charge in [0.05, 0.1) is 0 Å². The van der Waals surface area contributed by atoms with Gasteiger partial charge in [0.25, 0.3) is 5.88 Å². The standard InChI is InChI=1S/C16H20N4O2/c1-11(2)9-15(21)20-12-3-5-13(6-4-12)22-16-14(10-17)18-7-8-19-16/h7-9,12-13H,3-6H2,1-2H3,(H,20,21). The van der Waals surface area contributed by atoms with Gasteiger partial charge in [0, 0.05) is 24.5 Å². The summed E-state index contributed by atoms with van der Waals surface area (Å²) in [6.07, 6.45) is 7.97. The van der Waals surface area contributed by atoms with Crippen LogP contribution < -0.4 is 10.1 Å². The van der Waals surface area contributed by atoms with Gasteiger partial charge in [-0.25, -0.2) is 9.97 Å². The SMILES string of the molecule is CC(C)=CC(=O)NC1CCC(Oc2nccnc2C#N)CC1. The summed E-state index contributed by atoms with van der Waals surface area (Å²) in [5.74, 6) is 0.257. The van der Waals surface area contributed by atoms with Crippen molar-refractivity contribution in [3.63, 3.8) is 0 Å². The third-order valence-corrected chi connectivity index (χ3v) is 3.49. The average molecular weight is 300 g/mol. The lowest BCUT2D eigenvalue weighted by Gasteiger charge is -2.29. The summed E-state index contributed by atoms with van der Waals surface area (Å²) in [6, 6.07) is 2.16. The molecule has 0 radical (unpaired) electrons. The van der Waals surface area contributed by atoms with Gasteiger partial charge in [-0.3, -0.25) is 4.79 Å². The van der Waals surface area contributed by atoms with Crippen molar-refractivity contribution in [3.05, 3.63) is 29.7 Å². The van der Waals surface area contributed by atoms with E-state index in [1.54, 1.807) is 6.08 Å². The Morgan fingerprint density at radius 3 is 2.64 bits per heavy atom. The Morgan fingerprint density at radius 1 is 1.32 bits per heavy atom. The van der Waals surface area contributed by atoms with Gasteiger partial charge in [0.1, 0.15) is 12.2 Å². The largest absolute Gasteiger partial charge is 0.472 e. The Labute approximate surface area is 130 Å². The maximum atomic E-state index is 11.7. The number of carbonyl (C=O) groups excluding carboxylic acids is 1. The summed E-state index contributed by atoms with van der Waals surface area (Å²) in [5, 5.41) is 12.0. The topological polar surface area (TPSA) is 87.9 Å². The van der Waals surface area contributed by atoms with Crippen molar-refractivity contribution in [3.8, 4) is 11.9 Å². The third kappa shape index (κ3) is 4.55. The highest BCUT2D eigenvalue weighted by Crippen LogP contribution is 2.23. The van der Waals surface area contributed by atoms with Crippen LogP contribution in [0.1, 0.15) is 45.2 Å². The van der Waals surface area contributed by atoms with Crippen molar-refractivity contribution in [2.75, 3.05) is 0 Å². The number of rotatable bonds is 4. The predicted molar refractivity (Wildman–Crippen MR) is 81.0 cm³/mol. The molecule has 2 rings (SSSR count). The number of nitrogens with zero attached hydrogens (tertiary/aromatic N) is 3. The van der Waals surface area contributed by atoms with Crippen LogP contribution >= 0.6 is 0 Å². The number of ether oxygens (including phenoxy) is 1. The third-order valence-electron chi connectivity index (χ3n) is 3.49. The summed E-state index contributed by atoms with van der Waals surface area (Å²) in [7, 11) is 0. The van der Waals surface area contributed by atoms with Crippen molar-refractivity contribution in [1.82, 2.24) is 15.3 Å². The molecule has 0 atom stereocenters. The van der Waals surface area contributed by atoms with Crippen LogP contribution in [0.3, 0.4) is 0 Å². The molecule has 0 spiro atoms. The molecule has 1 N–H and O–H groups in total. The Kier molecular flexibility index (Phi) is 5.48. The van der Waals surface area contributed by atoms with Crippen LogP contribution in [0.4, 0.5) is 0 Å². The van der Waals surface area contributed by atoms with E-state index in [9.17, 15) is 4.79 Å². The molecule has 1 aliphatic carbocycles. The number of nitriles is 1. The molecule has 1 saturated carbocycles. The second kappa shape index (κ2) is 7.55. The molecular formula is C16H20N4O2. The molecule has 1 aromatic heterocycles. The molecule has 0 saturated heterocycles. The lowest BCUT2D eigenvalue weighted by Crippen LogP contribution is -2.39. The molecule has 1 aromatic rings. The first-order chi connectivity index (χ1) is 10.6. The summed E-state index contributed by atoms with van der Waals surface area (Å²) in [4.78, 5) is 19.7. The number of aromatic nitrogens is 2. The van der Waals surface area contributed by atoms with Crippen molar-refractivity contribution < 1.29 is 9.53 Å². The van der Waals surface area contributed by atoms with E-state index in [-0.39, 0.29) is 23.7 Å². The fourth-order valence-electron chi connectivity index (χ4n) is 2.48. The quantitative estimate of drug-likeness (QED) is 0.860. The molecule has 22 heavy (non-hydrogen) atoms. The van der Waals surface area contributed by atoms with Gasteiger partial charge in [-0.2, -0.15) is 5.26 Å². The van der Waals surface area contributed by atoms with Crippen molar-refractivity contribution >= 4 is 5.91 Å². The molecule has 1 fully saturated rings. The molecular weight excluding hydrogens is 280 g/mol. The number of hydrogen-bond acceptors (Lipinski definition) is 5. The molecule has 1 aliphatic rings. The number of hydrogen-bond donors (Lipinski definition) is 1. The van der Waals surface area contributed by atoms with Crippen LogP contribution in [0.15, 0.2) is 24.0 Å². The van der Waals surface area contributed by atoms with Gasteiger partial charge in [-0.1, -0.05) is 5.57 Å². The molecule has 1 heterocycles. The van der Waals surface area contributed by atoms with Gasteiger partial charge < -0.3 is 10.1 Å². The molecule has 0 aliphatic heterocycles. The number of amides is 1. The number of nitrogens with one attached hydrogen (secondary N) is 1. The summed E-state index contributed by atoms with van der Waals surface area (Å²) in [6.45, 7) is 3.80. The van der Waals surface area contributed by atoms with Crippen LogP contribution in [-0.4, -0.2) is 28.0 Å². The van der Waals surface area contributed by atoms with E-state index in [1.807, 2.05) is 19.9 Å². The summed E-state index contributed by atoms with van der Waals surface area (Å²) in [5.41, 5.74) is 1.20. The number of carbonyl (C=O) groups is 1. The minimum atomic E-state index is -0.0370. The van der Waals surface area contributed by atoms with Crippen LogP contribution in [0.5, 0.6) is 5.88 Å². The molecule has 116 valence electrons. The van der Waals surface area contributed by atoms with Crippen LogP contribution in [0.25, 0.3) is 0 Å². The van der Waals surface area contributed by atoms with Crippen LogP contribution in [0, 0.1) is 11.3 Å². The molecule has 0 aromatic carbocycles. The molecule has 0 bridgehead atoms. The fraction of sp³-hybridized carbons (Fsp3) is 0.500. The van der Waals surface area contributed by atoms with Crippen molar-refractivity contribution in [1.29, 1.82) is 5.26 Å². The fourth-order valence-corrected chi connectivity index (χ4v) is 2.48. The molecule has 1 amide bonds. The second-order valence-electron chi connectivity index (χ2n) is 5.64. The van der Waals surface area contributed by atoms with E-state index in [0.717, 1.165) is 31.3 Å². The highest BCUT2D eigenvalue weighted by atomic mass is 16.5. The predicted octanol–water partition coefficient (Wildman–Crippen LogP) is 2.12. The highest BCUT2D eigenvalue weighted by molar-refractivity contribution is 5.88. The maximum absolute atomic E-state index is 11.7. The molecule has 6 nitrogen and oxygen atoms in total. The first-order valence-corrected chi connectivity index (χ1v) is 7.41. The molecule has 6 heteroatoms. The zero-order valence-corrected chi connectivity index (χ0v) is 12.9. The van der Waals surface area contributed by atoms with Gasteiger partial charge in [-0.05, 0) is 39.5 Å². The first-order valence-electron chi connectivity index (χ1n) is 7.41. The lowest BCUT2D eigenvalue weighted by molar-refractivity contribution is -0.117. The smallest absolute Gasteiger partial charge is 0.251 e. The normalized spacial score (nSPS) is 20.6. The van der Waals surface area contributed by atoms with Crippen molar-refractivity contribution in [2.24, 2.45) is 0 Å². The van der Waals surface area contributed by atoms with Gasteiger partial charge in [0.2, 0.25) is 11.6 Å². The van der Waals surface area contributed by atoms with Gasteiger partial charge >= 0.3 is 0 Å². The lowest BCUT2D eigenvalue weighted by atomic mass is 9.93. The minimum absolute atomic E-state index is 0.0143. The van der Waals surface area contributed by atoms with Crippen LogP contribution in [-0.2, 0) is 4.79 Å². The van der Waals surface area contributed by atoms with E-state index < -0.39 is 0 Å². The Bertz CT molecular complexity index is 594. The Hall–Kier alpha value is -2.42. The minimum Gasteiger partial charge on any atom is -0.472 e. The summed E-state index contributed by atoms with van der Waals surface area (Å²) >= 11 is 0. The van der Waals surface area contributed by atoms with E-state index in [2.05, 4.69) is 15.3 Å². The Morgan fingerprint density at radius 2 is 2.00 bits per heavy atom. The zero-order valence-electron chi connectivity index (χ0n) is 12.9. The van der Waals surface area contributed by atoms with E-state index >= 15 is 0 Å².